The normalized spacial score (nSPS) is 15.7. The minimum Gasteiger partial charge on any atom is -0.457 e. The van der Waals surface area contributed by atoms with Crippen molar-refractivity contribution in [2.45, 2.75) is 19.8 Å². The Balaban J connectivity index is 1.54. The number of ether oxygens (including phenoxy) is 1. The molecule has 1 saturated heterocycles. The van der Waals surface area contributed by atoms with Gasteiger partial charge in [-0.05, 0) is 36.4 Å². The summed E-state index contributed by atoms with van der Waals surface area (Å²) >= 11 is 0. The lowest BCUT2D eigenvalue weighted by atomic mass is 10.1. The number of benzene rings is 2. The number of hydrogen-bond donors (Lipinski definition) is 1. The van der Waals surface area contributed by atoms with Crippen molar-refractivity contribution < 1.29 is 28.3 Å². The molecule has 1 heterocycles. The third kappa shape index (κ3) is 4.89. The molecule has 1 aliphatic rings. The molecule has 2 aromatic rings. The summed E-state index contributed by atoms with van der Waals surface area (Å²) in [6.45, 7) is 1.26. The number of amides is 2. The van der Waals surface area contributed by atoms with E-state index in [4.69, 9.17) is 4.74 Å². The fourth-order valence-corrected chi connectivity index (χ4v) is 3.10. The number of nitrogens with one attached hydrogen (secondary N) is 1. The van der Waals surface area contributed by atoms with Crippen LogP contribution < -0.4 is 10.2 Å². The van der Waals surface area contributed by atoms with Crippen LogP contribution in [0.2, 0.25) is 0 Å². The Morgan fingerprint density at radius 3 is 2.50 bits per heavy atom. The predicted octanol–water partition coefficient (Wildman–Crippen LogP) is 2.95. The lowest BCUT2D eigenvalue weighted by molar-refractivity contribution is -0.147. The second-order valence-corrected chi connectivity index (χ2v) is 6.87. The van der Waals surface area contributed by atoms with Crippen molar-refractivity contribution in [1.82, 2.24) is 0 Å². The summed E-state index contributed by atoms with van der Waals surface area (Å²) in [7, 11) is 0. The molecule has 0 aliphatic carbocycles. The average Bonchev–Trinajstić information content (AvgIpc) is 3.14. The van der Waals surface area contributed by atoms with Crippen LogP contribution in [0.4, 0.5) is 15.8 Å². The number of rotatable bonds is 7. The Labute approximate surface area is 172 Å². The van der Waals surface area contributed by atoms with Crippen molar-refractivity contribution in [3.63, 3.8) is 0 Å². The summed E-state index contributed by atoms with van der Waals surface area (Å²) in [6, 6.07) is 12.1. The van der Waals surface area contributed by atoms with E-state index in [2.05, 4.69) is 5.32 Å². The zero-order valence-electron chi connectivity index (χ0n) is 16.4. The SMILES string of the molecule is CCC(=O)Nc1ccc(C(=O)COC(=O)[C@@H]2CC(=O)N(c3ccccc3F)C2)cc1. The van der Waals surface area contributed by atoms with E-state index in [9.17, 15) is 23.6 Å². The van der Waals surface area contributed by atoms with Crippen LogP contribution in [-0.4, -0.2) is 36.7 Å². The molecule has 1 atom stereocenters. The van der Waals surface area contributed by atoms with E-state index in [1.807, 2.05) is 0 Å². The van der Waals surface area contributed by atoms with E-state index < -0.39 is 30.1 Å². The summed E-state index contributed by atoms with van der Waals surface area (Å²) in [5.74, 6) is -2.92. The monoisotopic (exact) mass is 412 g/mol. The van der Waals surface area contributed by atoms with Gasteiger partial charge in [-0.3, -0.25) is 19.2 Å². The Morgan fingerprint density at radius 2 is 1.83 bits per heavy atom. The molecule has 1 fully saturated rings. The van der Waals surface area contributed by atoms with Gasteiger partial charge in [0.25, 0.3) is 0 Å². The van der Waals surface area contributed by atoms with E-state index in [1.54, 1.807) is 25.1 Å². The minimum absolute atomic E-state index is 0.00137. The molecule has 30 heavy (non-hydrogen) atoms. The van der Waals surface area contributed by atoms with Gasteiger partial charge >= 0.3 is 5.97 Å². The zero-order chi connectivity index (χ0) is 21.7. The van der Waals surface area contributed by atoms with Crippen LogP contribution in [0.1, 0.15) is 30.1 Å². The van der Waals surface area contributed by atoms with Gasteiger partial charge in [0, 0.05) is 30.6 Å². The molecule has 1 N–H and O–H groups in total. The van der Waals surface area contributed by atoms with Gasteiger partial charge in [0.2, 0.25) is 11.8 Å². The van der Waals surface area contributed by atoms with Crippen molar-refractivity contribution in [1.29, 1.82) is 0 Å². The number of carbonyl (C=O) groups excluding carboxylic acids is 4. The minimum atomic E-state index is -0.767. The van der Waals surface area contributed by atoms with Crippen LogP contribution in [0.15, 0.2) is 48.5 Å². The topological polar surface area (TPSA) is 92.8 Å². The van der Waals surface area contributed by atoms with E-state index >= 15 is 0 Å². The third-order valence-corrected chi connectivity index (χ3v) is 4.76. The third-order valence-electron chi connectivity index (χ3n) is 4.76. The van der Waals surface area contributed by atoms with Gasteiger partial charge in [-0.15, -0.1) is 0 Å². The summed E-state index contributed by atoms with van der Waals surface area (Å²) in [5.41, 5.74) is 1.00. The fraction of sp³-hybridized carbons (Fsp3) is 0.273. The van der Waals surface area contributed by atoms with Gasteiger partial charge in [-0.1, -0.05) is 19.1 Å². The first kappa shape index (κ1) is 21.2. The molecule has 0 bridgehead atoms. The summed E-state index contributed by atoms with van der Waals surface area (Å²) in [4.78, 5) is 49.3. The number of halogens is 1. The lowest BCUT2D eigenvalue weighted by Gasteiger charge is -2.17. The second kappa shape index (κ2) is 9.30. The van der Waals surface area contributed by atoms with Crippen molar-refractivity contribution in [2.75, 3.05) is 23.4 Å². The van der Waals surface area contributed by atoms with Crippen LogP contribution in [0.5, 0.6) is 0 Å². The molecule has 1 aliphatic heterocycles. The number of para-hydroxylation sites is 1. The molecule has 0 saturated carbocycles. The highest BCUT2D eigenvalue weighted by atomic mass is 19.1. The largest absolute Gasteiger partial charge is 0.457 e. The number of Topliss-reactive ketones (excluding diaryl/α,β-unsaturated/α-hetero) is 1. The molecule has 156 valence electrons. The average molecular weight is 412 g/mol. The fourth-order valence-electron chi connectivity index (χ4n) is 3.10. The van der Waals surface area contributed by atoms with Gasteiger partial charge in [0.05, 0.1) is 11.6 Å². The number of nitrogens with zero attached hydrogens (tertiary/aromatic N) is 1. The number of esters is 1. The van der Waals surface area contributed by atoms with Crippen molar-refractivity contribution in [2.24, 2.45) is 5.92 Å². The summed E-state index contributed by atoms with van der Waals surface area (Å²) in [6.07, 6.45) is 0.238. The van der Waals surface area contributed by atoms with E-state index in [-0.39, 0.29) is 30.5 Å². The second-order valence-electron chi connectivity index (χ2n) is 6.87. The first-order chi connectivity index (χ1) is 14.4. The first-order valence-electron chi connectivity index (χ1n) is 9.53. The lowest BCUT2D eigenvalue weighted by Crippen LogP contribution is -2.27. The van der Waals surface area contributed by atoms with Crippen LogP contribution in [-0.2, 0) is 19.1 Å². The molecule has 2 amide bonds. The predicted molar refractivity (Wildman–Crippen MR) is 108 cm³/mol. The van der Waals surface area contributed by atoms with Gasteiger partial charge < -0.3 is 15.0 Å². The van der Waals surface area contributed by atoms with Crippen molar-refractivity contribution in [3.8, 4) is 0 Å². The number of ketones is 1. The van der Waals surface area contributed by atoms with Crippen molar-refractivity contribution in [3.05, 3.63) is 59.9 Å². The highest BCUT2D eigenvalue weighted by molar-refractivity contribution is 6.01. The zero-order valence-corrected chi connectivity index (χ0v) is 16.4. The molecular weight excluding hydrogens is 391 g/mol. The smallest absolute Gasteiger partial charge is 0.311 e. The van der Waals surface area contributed by atoms with Crippen LogP contribution in [0, 0.1) is 11.7 Å². The standard InChI is InChI=1S/C22H21FN2O5/c1-2-20(27)24-16-9-7-14(8-10-16)19(26)13-30-22(29)15-11-21(28)25(12-15)18-6-4-3-5-17(18)23/h3-10,15H,2,11-13H2,1H3,(H,24,27)/t15-/m1/s1. The Hall–Kier alpha value is -3.55. The van der Waals surface area contributed by atoms with E-state index in [0.717, 1.165) is 0 Å². The van der Waals surface area contributed by atoms with E-state index in [1.165, 1.54) is 35.2 Å². The highest BCUT2D eigenvalue weighted by Crippen LogP contribution is 2.27. The maximum absolute atomic E-state index is 13.9. The van der Waals surface area contributed by atoms with Crippen LogP contribution >= 0.6 is 0 Å². The number of anilines is 2. The van der Waals surface area contributed by atoms with E-state index in [0.29, 0.717) is 17.7 Å². The number of carbonyl (C=O) groups is 4. The molecule has 2 aromatic carbocycles. The summed E-state index contributed by atoms with van der Waals surface area (Å²) < 4.78 is 19.0. The Bertz CT molecular complexity index is 974. The van der Waals surface area contributed by atoms with Crippen molar-refractivity contribution >= 4 is 34.9 Å². The molecule has 3 rings (SSSR count). The quantitative estimate of drug-likeness (QED) is 0.558. The molecule has 8 heteroatoms. The van der Waals surface area contributed by atoms with Gasteiger partial charge in [0.15, 0.2) is 12.4 Å². The molecular formula is C22H21FN2O5. The first-order valence-corrected chi connectivity index (χ1v) is 9.53. The summed E-state index contributed by atoms with van der Waals surface area (Å²) in [5, 5.41) is 2.67. The molecule has 0 radical (unpaired) electrons. The van der Waals surface area contributed by atoms with Gasteiger partial charge in [-0.25, -0.2) is 4.39 Å². The van der Waals surface area contributed by atoms with Gasteiger partial charge in [-0.2, -0.15) is 0 Å². The molecule has 0 unspecified atom stereocenters. The molecule has 0 spiro atoms. The Morgan fingerprint density at radius 1 is 1.13 bits per heavy atom. The van der Waals surface area contributed by atoms with Crippen LogP contribution in [0.25, 0.3) is 0 Å². The maximum Gasteiger partial charge on any atom is 0.311 e. The molecule has 7 nitrogen and oxygen atoms in total. The molecule has 0 aromatic heterocycles. The number of hydrogen-bond acceptors (Lipinski definition) is 5. The van der Waals surface area contributed by atoms with Crippen LogP contribution in [0.3, 0.4) is 0 Å². The highest BCUT2D eigenvalue weighted by Gasteiger charge is 2.37. The maximum atomic E-state index is 13.9. The Kier molecular flexibility index (Phi) is 6.56. The van der Waals surface area contributed by atoms with Gasteiger partial charge in [0.1, 0.15) is 5.82 Å².